The molecule has 8 heteroatoms. The van der Waals surface area contributed by atoms with Gasteiger partial charge >= 0.3 is 6.03 Å². The van der Waals surface area contributed by atoms with Crippen molar-refractivity contribution in [3.05, 3.63) is 83.7 Å². The maximum Gasteiger partial charge on any atom is 0.324 e. The molecule has 0 atom stereocenters. The van der Waals surface area contributed by atoms with Crippen LogP contribution in [0, 0.1) is 5.82 Å². The van der Waals surface area contributed by atoms with Crippen molar-refractivity contribution in [3.8, 4) is 11.5 Å². The highest BCUT2D eigenvalue weighted by Crippen LogP contribution is 2.30. The number of carbonyl (C=O) groups excluding carboxylic acids is 2. The van der Waals surface area contributed by atoms with E-state index in [4.69, 9.17) is 9.47 Å². The molecule has 1 fully saturated rings. The Morgan fingerprint density at radius 2 is 1.71 bits per heavy atom. The molecule has 1 aliphatic heterocycles. The van der Waals surface area contributed by atoms with Crippen molar-refractivity contribution in [1.29, 1.82) is 0 Å². The molecule has 1 heterocycles. The Kier molecular flexibility index (Phi) is 6.96. The summed E-state index contributed by atoms with van der Waals surface area (Å²) in [5.74, 6) is 0.474. The smallest absolute Gasteiger partial charge is 0.324 e. The van der Waals surface area contributed by atoms with E-state index < -0.39 is 0 Å². The van der Waals surface area contributed by atoms with Gasteiger partial charge in [-0.05, 0) is 48.9 Å². The fourth-order valence-electron chi connectivity index (χ4n) is 3.91. The minimum absolute atomic E-state index is 0.183. The third-order valence-corrected chi connectivity index (χ3v) is 5.71. The number of urea groups is 1. The van der Waals surface area contributed by atoms with Gasteiger partial charge in [-0.25, -0.2) is 9.18 Å². The van der Waals surface area contributed by atoms with Gasteiger partial charge in [-0.1, -0.05) is 18.2 Å². The van der Waals surface area contributed by atoms with Gasteiger partial charge in [0.25, 0.3) is 5.91 Å². The van der Waals surface area contributed by atoms with Crippen LogP contribution in [-0.4, -0.2) is 44.1 Å². The zero-order valence-electron chi connectivity index (χ0n) is 19.1. The van der Waals surface area contributed by atoms with Crippen molar-refractivity contribution in [2.75, 3.05) is 37.5 Å². The molecule has 0 spiro atoms. The second kappa shape index (κ2) is 10.2. The van der Waals surface area contributed by atoms with Crippen molar-refractivity contribution in [1.82, 2.24) is 4.90 Å². The fraction of sp³-hybridized carbons (Fsp3) is 0.231. The molecule has 3 amide bonds. The number of anilines is 2. The molecule has 0 bridgehead atoms. The quantitative estimate of drug-likeness (QED) is 0.540. The highest BCUT2D eigenvalue weighted by molar-refractivity contribution is 6.05. The number of carbonyl (C=O) groups is 2. The first-order valence-corrected chi connectivity index (χ1v) is 10.9. The number of hydrogen-bond donors (Lipinski definition) is 1. The van der Waals surface area contributed by atoms with Crippen LogP contribution in [0.4, 0.5) is 20.6 Å². The van der Waals surface area contributed by atoms with E-state index in [1.807, 2.05) is 0 Å². The Labute approximate surface area is 197 Å². The van der Waals surface area contributed by atoms with Gasteiger partial charge in [0.2, 0.25) is 0 Å². The third kappa shape index (κ3) is 4.96. The molecule has 0 radical (unpaired) electrons. The van der Waals surface area contributed by atoms with Crippen LogP contribution in [0.5, 0.6) is 11.5 Å². The van der Waals surface area contributed by atoms with E-state index >= 15 is 0 Å². The van der Waals surface area contributed by atoms with Crippen LogP contribution in [0.25, 0.3) is 0 Å². The lowest BCUT2D eigenvalue weighted by molar-refractivity contribution is 0.102. The lowest BCUT2D eigenvalue weighted by atomic mass is 10.1. The normalized spacial score (nSPS) is 13.6. The summed E-state index contributed by atoms with van der Waals surface area (Å²) in [6, 6.07) is 18.3. The average Bonchev–Trinajstić information content (AvgIpc) is 2.86. The average molecular weight is 464 g/mol. The maximum absolute atomic E-state index is 14.0. The van der Waals surface area contributed by atoms with Gasteiger partial charge in [0.05, 0.1) is 20.8 Å². The van der Waals surface area contributed by atoms with E-state index in [9.17, 15) is 14.0 Å². The summed E-state index contributed by atoms with van der Waals surface area (Å²) in [4.78, 5) is 29.0. The summed E-state index contributed by atoms with van der Waals surface area (Å²) in [5.41, 5.74) is 2.19. The predicted molar refractivity (Wildman–Crippen MR) is 128 cm³/mol. The molecule has 3 aromatic rings. The molecule has 3 aromatic carbocycles. The Morgan fingerprint density at radius 3 is 2.41 bits per heavy atom. The minimum Gasteiger partial charge on any atom is -0.493 e. The summed E-state index contributed by atoms with van der Waals surface area (Å²) < 4.78 is 24.5. The summed E-state index contributed by atoms with van der Waals surface area (Å²) >= 11 is 0. The molecule has 1 saturated heterocycles. The lowest BCUT2D eigenvalue weighted by Crippen LogP contribution is -2.49. The van der Waals surface area contributed by atoms with Gasteiger partial charge in [-0.3, -0.25) is 9.69 Å². The van der Waals surface area contributed by atoms with Crippen molar-refractivity contribution in [2.45, 2.75) is 13.0 Å². The summed E-state index contributed by atoms with van der Waals surface area (Å²) in [5, 5.41) is 2.83. The number of halogens is 1. The molecule has 4 rings (SSSR count). The van der Waals surface area contributed by atoms with Gasteiger partial charge in [0, 0.05) is 41.7 Å². The van der Waals surface area contributed by atoms with Gasteiger partial charge in [-0.2, -0.15) is 0 Å². The highest BCUT2D eigenvalue weighted by Gasteiger charge is 2.27. The van der Waals surface area contributed by atoms with Crippen LogP contribution in [0.1, 0.15) is 22.3 Å². The first kappa shape index (κ1) is 23.1. The SMILES string of the molecule is COc1ccc(NC(=O)c2ccc(N3CCCN(Cc4ccccc4F)C3=O)cc2)cc1OC. The van der Waals surface area contributed by atoms with E-state index in [0.717, 1.165) is 6.42 Å². The van der Waals surface area contributed by atoms with Crippen LogP contribution in [0.3, 0.4) is 0 Å². The monoisotopic (exact) mass is 463 g/mol. The zero-order chi connectivity index (χ0) is 24.1. The molecule has 0 aromatic heterocycles. The Bertz CT molecular complexity index is 1180. The van der Waals surface area contributed by atoms with Gasteiger partial charge in [-0.15, -0.1) is 0 Å². The van der Waals surface area contributed by atoms with E-state index in [0.29, 0.717) is 47.1 Å². The predicted octanol–water partition coefficient (Wildman–Crippen LogP) is 4.93. The zero-order valence-corrected chi connectivity index (χ0v) is 19.1. The standard InChI is InChI=1S/C26H26FN3O4/c1-33-23-13-10-20(16-24(23)34-2)28-25(31)18-8-11-21(12-9-18)30-15-5-14-29(26(30)32)17-19-6-3-4-7-22(19)27/h3-4,6-13,16H,5,14-15,17H2,1-2H3,(H,28,31). The number of methoxy groups -OCH3 is 2. The molecular weight excluding hydrogens is 437 g/mol. The number of nitrogens with one attached hydrogen (secondary N) is 1. The molecule has 176 valence electrons. The molecule has 1 N–H and O–H groups in total. The third-order valence-electron chi connectivity index (χ3n) is 5.71. The molecular formula is C26H26FN3O4. The van der Waals surface area contributed by atoms with Crippen LogP contribution < -0.4 is 19.7 Å². The number of nitrogens with zero attached hydrogens (tertiary/aromatic N) is 2. The Morgan fingerprint density at radius 1 is 0.971 bits per heavy atom. The van der Waals surface area contributed by atoms with Crippen LogP contribution in [-0.2, 0) is 6.54 Å². The first-order valence-electron chi connectivity index (χ1n) is 10.9. The lowest BCUT2D eigenvalue weighted by Gasteiger charge is -2.35. The molecule has 1 aliphatic rings. The largest absolute Gasteiger partial charge is 0.493 e. The summed E-state index contributed by atoms with van der Waals surface area (Å²) in [6.07, 6.45) is 0.766. The summed E-state index contributed by atoms with van der Waals surface area (Å²) in [7, 11) is 3.07. The molecule has 0 saturated carbocycles. The topological polar surface area (TPSA) is 71.1 Å². The van der Waals surface area contributed by atoms with Crippen molar-refractivity contribution >= 4 is 23.3 Å². The Hall–Kier alpha value is -4.07. The number of hydrogen-bond acceptors (Lipinski definition) is 4. The van der Waals surface area contributed by atoms with Crippen molar-refractivity contribution in [3.63, 3.8) is 0 Å². The van der Waals surface area contributed by atoms with Crippen molar-refractivity contribution in [2.24, 2.45) is 0 Å². The van der Waals surface area contributed by atoms with Gasteiger partial charge in [0.1, 0.15) is 5.82 Å². The van der Waals surface area contributed by atoms with Crippen molar-refractivity contribution < 1.29 is 23.5 Å². The Balaban J connectivity index is 1.44. The number of ether oxygens (including phenoxy) is 2. The number of amides is 3. The molecule has 0 aliphatic carbocycles. The second-order valence-electron chi connectivity index (χ2n) is 7.87. The van der Waals surface area contributed by atoms with E-state index in [1.165, 1.54) is 13.2 Å². The minimum atomic E-state index is -0.322. The maximum atomic E-state index is 14.0. The van der Waals surface area contributed by atoms with E-state index in [2.05, 4.69) is 5.32 Å². The molecule has 34 heavy (non-hydrogen) atoms. The van der Waals surface area contributed by atoms with Crippen LogP contribution >= 0.6 is 0 Å². The highest BCUT2D eigenvalue weighted by atomic mass is 19.1. The van der Waals surface area contributed by atoms with Crippen LogP contribution in [0.15, 0.2) is 66.7 Å². The summed E-state index contributed by atoms with van der Waals surface area (Å²) in [6.45, 7) is 1.34. The van der Waals surface area contributed by atoms with E-state index in [1.54, 1.807) is 77.6 Å². The fourth-order valence-corrected chi connectivity index (χ4v) is 3.91. The molecule has 0 unspecified atom stereocenters. The first-order chi connectivity index (χ1) is 16.5. The molecule has 7 nitrogen and oxygen atoms in total. The second-order valence-corrected chi connectivity index (χ2v) is 7.87. The van der Waals surface area contributed by atoms with Crippen LogP contribution in [0.2, 0.25) is 0 Å². The van der Waals surface area contributed by atoms with Gasteiger partial charge < -0.3 is 19.7 Å². The van der Waals surface area contributed by atoms with E-state index in [-0.39, 0.29) is 24.3 Å². The number of benzene rings is 3. The van der Waals surface area contributed by atoms with Gasteiger partial charge in [0.15, 0.2) is 11.5 Å². The number of rotatable bonds is 7.